The van der Waals surface area contributed by atoms with Crippen molar-refractivity contribution in [1.82, 2.24) is 0 Å². The number of hydrogen-bond acceptors (Lipinski definition) is 6. The molecule has 0 spiro atoms. The van der Waals surface area contributed by atoms with Crippen LogP contribution in [0.5, 0.6) is 0 Å². The Labute approximate surface area is 417 Å². The summed E-state index contributed by atoms with van der Waals surface area (Å²) in [4.78, 5) is 37.7. The van der Waals surface area contributed by atoms with Crippen molar-refractivity contribution in [2.24, 2.45) is 0 Å². The number of rotatable bonds is 55. The molecule has 0 aromatic carbocycles. The Bertz CT molecular complexity index is 1080. The van der Waals surface area contributed by atoms with Crippen molar-refractivity contribution in [1.29, 1.82) is 0 Å². The van der Waals surface area contributed by atoms with Crippen LogP contribution in [0.15, 0.2) is 24.3 Å². The number of hydrogen-bond donors (Lipinski definition) is 0. The minimum atomic E-state index is -0.767. The van der Waals surface area contributed by atoms with E-state index in [9.17, 15) is 14.4 Å². The van der Waals surface area contributed by atoms with Crippen LogP contribution in [0.25, 0.3) is 0 Å². The first-order chi connectivity index (χ1) is 33.0. The average Bonchev–Trinajstić information content (AvgIpc) is 3.33. The molecular formula is C61H114O6. The average molecular weight is 944 g/mol. The van der Waals surface area contributed by atoms with E-state index >= 15 is 0 Å². The third-order valence-electron chi connectivity index (χ3n) is 13.4. The number of carbonyl (C=O) groups is 3. The highest BCUT2D eigenvalue weighted by Crippen LogP contribution is 2.17. The smallest absolute Gasteiger partial charge is 0.306 e. The largest absolute Gasteiger partial charge is 0.462 e. The molecule has 0 saturated carbocycles. The van der Waals surface area contributed by atoms with Crippen molar-refractivity contribution in [3.8, 4) is 0 Å². The molecule has 0 bridgehead atoms. The van der Waals surface area contributed by atoms with Crippen molar-refractivity contribution in [3.63, 3.8) is 0 Å². The van der Waals surface area contributed by atoms with Crippen LogP contribution >= 0.6 is 0 Å². The predicted molar refractivity (Wildman–Crippen MR) is 289 cm³/mol. The van der Waals surface area contributed by atoms with Crippen LogP contribution in [0.3, 0.4) is 0 Å². The highest BCUT2D eigenvalue weighted by molar-refractivity contribution is 5.71. The maximum atomic E-state index is 12.7. The monoisotopic (exact) mass is 943 g/mol. The predicted octanol–water partition coefficient (Wildman–Crippen LogP) is 19.9. The van der Waals surface area contributed by atoms with Gasteiger partial charge in [0.05, 0.1) is 0 Å². The molecule has 67 heavy (non-hydrogen) atoms. The van der Waals surface area contributed by atoms with E-state index in [-0.39, 0.29) is 31.1 Å². The topological polar surface area (TPSA) is 78.9 Å². The van der Waals surface area contributed by atoms with Gasteiger partial charge in [-0.1, -0.05) is 270 Å². The van der Waals surface area contributed by atoms with Crippen LogP contribution in [0.2, 0.25) is 0 Å². The Kier molecular flexibility index (Phi) is 54.7. The maximum Gasteiger partial charge on any atom is 0.306 e. The molecule has 0 aliphatic heterocycles. The van der Waals surface area contributed by atoms with Crippen molar-refractivity contribution in [3.05, 3.63) is 24.3 Å². The van der Waals surface area contributed by atoms with Crippen LogP contribution in [0.1, 0.15) is 329 Å². The van der Waals surface area contributed by atoms with E-state index in [4.69, 9.17) is 14.2 Å². The normalized spacial score (nSPS) is 12.1. The summed E-state index contributed by atoms with van der Waals surface area (Å²) in [5.41, 5.74) is 0. The molecule has 0 rings (SSSR count). The van der Waals surface area contributed by atoms with Gasteiger partial charge in [-0.2, -0.15) is 0 Å². The van der Waals surface area contributed by atoms with Gasteiger partial charge in [-0.25, -0.2) is 0 Å². The maximum absolute atomic E-state index is 12.7. The molecule has 0 aliphatic rings. The third kappa shape index (κ3) is 54.7. The lowest BCUT2D eigenvalue weighted by Crippen LogP contribution is -2.30. The van der Waals surface area contributed by atoms with Crippen LogP contribution in [-0.4, -0.2) is 37.2 Å². The second-order valence-electron chi connectivity index (χ2n) is 20.3. The lowest BCUT2D eigenvalue weighted by atomic mass is 10.0. The first-order valence-electron chi connectivity index (χ1n) is 29.8. The first kappa shape index (κ1) is 64.9. The van der Waals surface area contributed by atoms with Gasteiger partial charge in [-0.3, -0.25) is 14.4 Å². The lowest BCUT2D eigenvalue weighted by molar-refractivity contribution is -0.167. The second kappa shape index (κ2) is 56.5. The molecule has 0 amide bonds. The molecule has 0 radical (unpaired) electrons. The van der Waals surface area contributed by atoms with E-state index in [1.807, 2.05) is 0 Å². The molecule has 0 aliphatic carbocycles. The SMILES string of the molecule is CCC/C=C\CCCCCCCC(=O)OC(COC(=O)CCCCCCCC)COC(=O)CCCCCCCCCCCCCCCCCCCCCCC/C=C\CCCCCCCCCC. The summed E-state index contributed by atoms with van der Waals surface area (Å²) in [5.74, 6) is -0.878. The number of ether oxygens (including phenoxy) is 3. The molecule has 6 heteroatoms. The molecule has 0 heterocycles. The van der Waals surface area contributed by atoms with Crippen molar-refractivity contribution < 1.29 is 28.6 Å². The number of allylic oxidation sites excluding steroid dienone is 4. The fourth-order valence-electron chi connectivity index (χ4n) is 8.91. The fourth-order valence-corrected chi connectivity index (χ4v) is 8.91. The Morgan fingerprint density at radius 3 is 0.806 bits per heavy atom. The third-order valence-corrected chi connectivity index (χ3v) is 13.4. The van der Waals surface area contributed by atoms with E-state index in [0.717, 1.165) is 77.0 Å². The molecule has 394 valence electrons. The van der Waals surface area contributed by atoms with Gasteiger partial charge < -0.3 is 14.2 Å². The highest BCUT2D eigenvalue weighted by Gasteiger charge is 2.19. The minimum absolute atomic E-state index is 0.0707. The van der Waals surface area contributed by atoms with Crippen LogP contribution < -0.4 is 0 Å². The Hall–Kier alpha value is -2.11. The Balaban J connectivity index is 3.83. The highest BCUT2D eigenvalue weighted by atomic mass is 16.6. The summed E-state index contributed by atoms with van der Waals surface area (Å²) >= 11 is 0. The Morgan fingerprint density at radius 1 is 0.284 bits per heavy atom. The molecule has 0 aromatic rings. The summed E-state index contributed by atoms with van der Waals surface area (Å²) in [6.45, 7) is 6.54. The van der Waals surface area contributed by atoms with Gasteiger partial charge in [0.15, 0.2) is 6.10 Å². The van der Waals surface area contributed by atoms with Crippen molar-refractivity contribution >= 4 is 17.9 Å². The molecule has 0 aromatic heterocycles. The fraction of sp³-hybridized carbons (Fsp3) is 0.885. The molecule has 1 unspecified atom stereocenters. The Morgan fingerprint density at radius 2 is 0.522 bits per heavy atom. The van der Waals surface area contributed by atoms with Crippen molar-refractivity contribution in [2.45, 2.75) is 335 Å². The van der Waals surface area contributed by atoms with Gasteiger partial charge in [0.1, 0.15) is 13.2 Å². The zero-order valence-corrected chi connectivity index (χ0v) is 45.2. The summed E-state index contributed by atoms with van der Waals surface area (Å²) in [7, 11) is 0. The summed E-state index contributed by atoms with van der Waals surface area (Å²) in [6, 6.07) is 0. The molecule has 1 atom stereocenters. The van der Waals surface area contributed by atoms with Crippen molar-refractivity contribution in [2.75, 3.05) is 13.2 Å². The van der Waals surface area contributed by atoms with Gasteiger partial charge in [0.2, 0.25) is 0 Å². The van der Waals surface area contributed by atoms with Crippen LogP contribution in [0, 0.1) is 0 Å². The lowest BCUT2D eigenvalue weighted by Gasteiger charge is -2.18. The quantitative estimate of drug-likeness (QED) is 0.0262. The zero-order chi connectivity index (χ0) is 48.6. The standard InChI is InChI=1S/C61H114O6/c1-4-7-10-13-16-18-20-21-22-23-24-25-26-27-28-29-30-31-32-33-34-35-36-37-38-39-40-41-42-44-45-48-51-54-60(63)66-57-58(56-65-59(62)53-50-47-15-12-9-6-3)67-61(64)55-52-49-46-43-19-17-14-11-8-5-2/h11,14,23-24,58H,4-10,12-13,15-22,25-57H2,1-3H3/b14-11-,24-23-. The van der Waals surface area contributed by atoms with Gasteiger partial charge in [0, 0.05) is 19.3 Å². The van der Waals surface area contributed by atoms with Gasteiger partial charge >= 0.3 is 17.9 Å². The van der Waals surface area contributed by atoms with Gasteiger partial charge in [-0.15, -0.1) is 0 Å². The first-order valence-corrected chi connectivity index (χ1v) is 29.8. The second-order valence-corrected chi connectivity index (χ2v) is 20.3. The number of esters is 3. The van der Waals surface area contributed by atoms with E-state index < -0.39 is 6.10 Å². The summed E-state index contributed by atoms with van der Waals surface area (Å²) < 4.78 is 16.7. The summed E-state index contributed by atoms with van der Waals surface area (Å²) in [6.07, 6.45) is 66.8. The summed E-state index contributed by atoms with van der Waals surface area (Å²) in [5, 5.41) is 0. The van der Waals surface area contributed by atoms with Crippen LogP contribution in [-0.2, 0) is 28.6 Å². The van der Waals surface area contributed by atoms with Gasteiger partial charge in [-0.05, 0) is 64.2 Å². The van der Waals surface area contributed by atoms with E-state index in [1.165, 1.54) is 212 Å². The molecule has 0 N–H and O–H groups in total. The van der Waals surface area contributed by atoms with Crippen LogP contribution in [0.4, 0.5) is 0 Å². The zero-order valence-electron chi connectivity index (χ0n) is 45.2. The van der Waals surface area contributed by atoms with E-state index in [1.54, 1.807) is 0 Å². The van der Waals surface area contributed by atoms with E-state index in [0.29, 0.717) is 19.3 Å². The number of unbranched alkanes of at least 4 members (excludes halogenated alkanes) is 40. The number of carbonyl (C=O) groups excluding carboxylic acids is 3. The van der Waals surface area contributed by atoms with Gasteiger partial charge in [0.25, 0.3) is 0 Å². The van der Waals surface area contributed by atoms with E-state index in [2.05, 4.69) is 45.1 Å². The molecule has 6 nitrogen and oxygen atoms in total. The molecule has 0 saturated heterocycles. The molecular weight excluding hydrogens is 829 g/mol. The molecule has 0 fully saturated rings. The minimum Gasteiger partial charge on any atom is -0.462 e.